The van der Waals surface area contributed by atoms with Crippen molar-refractivity contribution >= 4 is 0 Å². The van der Waals surface area contributed by atoms with Gasteiger partial charge >= 0.3 is 0 Å². The number of likely N-dealkylation sites (N-methyl/N-ethyl adjacent to an activating group) is 1. The minimum Gasteiger partial charge on any atom is -0.317 e. The van der Waals surface area contributed by atoms with Gasteiger partial charge in [-0.25, -0.2) is 0 Å². The average Bonchev–Trinajstić information content (AvgIpc) is 2.25. The van der Waals surface area contributed by atoms with Gasteiger partial charge in [-0.05, 0) is 51.4 Å². The summed E-state index contributed by atoms with van der Waals surface area (Å²) in [6.45, 7) is 14.4. The normalized spacial score (nSPS) is 20.0. The molecule has 0 unspecified atom stereocenters. The number of hydrogen-bond donors (Lipinski definition) is 1. The van der Waals surface area contributed by atoms with Gasteiger partial charge in [-0.1, -0.05) is 20.8 Å². The molecule has 0 aromatic rings. The van der Waals surface area contributed by atoms with Crippen LogP contribution in [-0.2, 0) is 0 Å². The van der Waals surface area contributed by atoms with Gasteiger partial charge in [0.2, 0.25) is 0 Å². The van der Waals surface area contributed by atoms with E-state index in [2.05, 4.69) is 50.0 Å². The summed E-state index contributed by atoms with van der Waals surface area (Å²) in [6.07, 6.45) is 2.65. The molecule has 0 bridgehead atoms. The summed E-state index contributed by atoms with van der Waals surface area (Å²) in [7, 11) is 4.33. The minimum absolute atomic E-state index is 0.520. The molecule has 0 atom stereocenters. The Bertz CT molecular complexity index is 220. The maximum atomic E-state index is 3.48. The van der Waals surface area contributed by atoms with E-state index in [4.69, 9.17) is 0 Å². The fraction of sp³-hybridized carbons (Fsp3) is 1.00. The molecule has 1 N–H and O–H groups in total. The van der Waals surface area contributed by atoms with Gasteiger partial charge in [0.1, 0.15) is 0 Å². The van der Waals surface area contributed by atoms with Crippen LogP contribution in [0.15, 0.2) is 0 Å². The number of piperidine rings is 1. The molecule has 108 valence electrons. The van der Waals surface area contributed by atoms with Gasteiger partial charge < -0.3 is 15.1 Å². The highest BCUT2D eigenvalue weighted by Crippen LogP contribution is 2.29. The Balaban J connectivity index is 2.47. The second kappa shape index (κ2) is 7.46. The molecule has 18 heavy (non-hydrogen) atoms. The molecule has 0 spiro atoms. The van der Waals surface area contributed by atoms with Crippen LogP contribution in [-0.4, -0.2) is 63.2 Å². The van der Waals surface area contributed by atoms with Crippen molar-refractivity contribution in [2.24, 2.45) is 11.3 Å². The van der Waals surface area contributed by atoms with Gasteiger partial charge in [-0.15, -0.1) is 0 Å². The predicted molar refractivity (Wildman–Crippen MR) is 80.0 cm³/mol. The molecule has 0 saturated carbocycles. The Kier molecular flexibility index (Phi) is 6.61. The summed E-state index contributed by atoms with van der Waals surface area (Å²) >= 11 is 0. The van der Waals surface area contributed by atoms with Crippen LogP contribution in [0.4, 0.5) is 0 Å². The van der Waals surface area contributed by atoms with Gasteiger partial charge in [0.15, 0.2) is 0 Å². The first-order valence-electron chi connectivity index (χ1n) is 7.49. The number of nitrogens with zero attached hydrogens (tertiary/aromatic N) is 2. The third-order valence-corrected chi connectivity index (χ3v) is 3.90. The van der Waals surface area contributed by atoms with Crippen molar-refractivity contribution in [1.29, 1.82) is 0 Å². The standard InChI is InChI=1S/C15H33N3/c1-14(2)12-18(11-10-17(4)5)13-15(3)6-8-16-9-7-15/h14,16H,6-13H2,1-5H3. The van der Waals surface area contributed by atoms with Crippen molar-refractivity contribution in [2.45, 2.75) is 33.6 Å². The van der Waals surface area contributed by atoms with Crippen molar-refractivity contribution in [3.05, 3.63) is 0 Å². The lowest BCUT2D eigenvalue weighted by atomic mass is 9.80. The van der Waals surface area contributed by atoms with E-state index in [1.165, 1.54) is 52.1 Å². The Morgan fingerprint density at radius 1 is 1.11 bits per heavy atom. The van der Waals surface area contributed by atoms with E-state index in [9.17, 15) is 0 Å². The lowest BCUT2D eigenvalue weighted by molar-refractivity contribution is 0.112. The molecule has 1 aliphatic rings. The van der Waals surface area contributed by atoms with Crippen molar-refractivity contribution < 1.29 is 0 Å². The molecule has 0 aliphatic carbocycles. The first-order valence-corrected chi connectivity index (χ1v) is 7.49. The lowest BCUT2D eigenvalue weighted by Gasteiger charge is -2.39. The highest BCUT2D eigenvalue weighted by Gasteiger charge is 2.29. The summed E-state index contributed by atoms with van der Waals surface area (Å²) in [5.74, 6) is 0.762. The topological polar surface area (TPSA) is 18.5 Å². The predicted octanol–water partition coefficient (Wildman–Crippen LogP) is 1.90. The van der Waals surface area contributed by atoms with E-state index in [1.807, 2.05) is 0 Å². The molecule has 1 rings (SSSR count). The molecule has 1 fully saturated rings. The van der Waals surface area contributed by atoms with Gasteiger partial charge in [-0.3, -0.25) is 0 Å². The number of nitrogens with one attached hydrogen (secondary N) is 1. The Labute approximate surface area is 114 Å². The number of hydrogen-bond acceptors (Lipinski definition) is 3. The molecule has 0 aromatic heterocycles. The fourth-order valence-electron chi connectivity index (χ4n) is 2.82. The third-order valence-electron chi connectivity index (χ3n) is 3.90. The molecule has 0 amide bonds. The summed E-state index contributed by atoms with van der Waals surface area (Å²) in [6, 6.07) is 0. The van der Waals surface area contributed by atoms with Gasteiger partial charge in [0.25, 0.3) is 0 Å². The zero-order valence-corrected chi connectivity index (χ0v) is 13.1. The van der Waals surface area contributed by atoms with Crippen LogP contribution in [0, 0.1) is 11.3 Å². The van der Waals surface area contributed by atoms with Crippen LogP contribution in [0.2, 0.25) is 0 Å². The maximum Gasteiger partial charge on any atom is 0.0109 e. The highest BCUT2D eigenvalue weighted by molar-refractivity contribution is 4.84. The molecular weight excluding hydrogens is 222 g/mol. The maximum absolute atomic E-state index is 3.48. The van der Waals surface area contributed by atoms with Crippen molar-refractivity contribution in [1.82, 2.24) is 15.1 Å². The molecule has 1 aliphatic heterocycles. The highest BCUT2D eigenvalue weighted by atomic mass is 15.2. The van der Waals surface area contributed by atoms with Crippen molar-refractivity contribution in [3.8, 4) is 0 Å². The zero-order chi connectivity index (χ0) is 13.6. The van der Waals surface area contributed by atoms with Crippen LogP contribution >= 0.6 is 0 Å². The molecule has 1 heterocycles. The Hall–Kier alpha value is -0.120. The van der Waals surface area contributed by atoms with Gasteiger partial charge in [0.05, 0.1) is 0 Å². The molecule has 0 radical (unpaired) electrons. The van der Waals surface area contributed by atoms with E-state index in [0.29, 0.717) is 5.41 Å². The summed E-state index contributed by atoms with van der Waals surface area (Å²) in [5, 5.41) is 3.48. The van der Waals surface area contributed by atoms with E-state index < -0.39 is 0 Å². The molecule has 3 heteroatoms. The lowest BCUT2D eigenvalue weighted by Crippen LogP contribution is -2.45. The SMILES string of the molecule is CC(C)CN(CCN(C)C)CC1(C)CCNCC1. The largest absolute Gasteiger partial charge is 0.317 e. The summed E-state index contributed by atoms with van der Waals surface area (Å²) in [4.78, 5) is 4.97. The molecule has 1 saturated heterocycles. The van der Waals surface area contributed by atoms with E-state index in [-0.39, 0.29) is 0 Å². The quantitative estimate of drug-likeness (QED) is 0.749. The van der Waals surface area contributed by atoms with Crippen LogP contribution in [0.3, 0.4) is 0 Å². The van der Waals surface area contributed by atoms with E-state index >= 15 is 0 Å². The second-order valence-electron chi connectivity index (χ2n) is 6.99. The van der Waals surface area contributed by atoms with E-state index in [0.717, 1.165) is 5.92 Å². The Morgan fingerprint density at radius 2 is 1.72 bits per heavy atom. The van der Waals surface area contributed by atoms with Crippen LogP contribution in [0.5, 0.6) is 0 Å². The fourth-order valence-corrected chi connectivity index (χ4v) is 2.82. The van der Waals surface area contributed by atoms with Crippen molar-refractivity contribution in [2.75, 3.05) is 53.4 Å². The molecular formula is C15H33N3. The monoisotopic (exact) mass is 255 g/mol. The van der Waals surface area contributed by atoms with Crippen LogP contribution in [0.25, 0.3) is 0 Å². The summed E-state index contributed by atoms with van der Waals surface area (Å²) in [5.41, 5.74) is 0.520. The average molecular weight is 255 g/mol. The number of rotatable bonds is 7. The third kappa shape index (κ3) is 6.17. The van der Waals surface area contributed by atoms with Crippen molar-refractivity contribution in [3.63, 3.8) is 0 Å². The molecule has 3 nitrogen and oxygen atoms in total. The van der Waals surface area contributed by atoms with Crippen LogP contribution in [0.1, 0.15) is 33.6 Å². The zero-order valence-electron chi connectivity index (χ0n) is 13.1. The van der Waals surface area contributed by atoms with Gasteiger partial charge in [-0.2, -0.15) is 0 Å². The van der Waals surface area contributed by atoms with Crippen LogP contribution < -0.4 is 5.32 Å². The summed E-state index contributed by atoms with van der Waals surface area (Å²) < 4.78 is 0. The smallest absolute Gasteiger partial charge is 0.0109 e. The van der Waals surface area contributed by atoms with Gasteiger partial charge in [0, 0.05) is 26.2 Å². The first-order chi connectivity index (χ1) is 8.41. The minimum atomic E-state index is 0.520. The Morgan fingerprint density at radius 3 is 2.22 bits per heavy atom. The first kappa shape index (κ1) is 15.9. The second-order valence-corrected chi connectivity index (χ2v) is 6.99. The molecule has 0 aromatic carbocycles. The van der Waals surface area contributed by atoms with E-state index in [1.54, 1.807) is 0 Å².